The van der Waals surface area contributed by atoms with Gasteiger partial charge in [0, 0.05) is 17.0 Å². The Morgan fingerprint density at radius 2 is 1.96 bits per heavy atom. The van der Waals surface area contributed by atoms with E-state index in [0.717, 1.165) is 16.0 Å². The minimum atomic E-state index is -0.233. The van der Waals surface area contributed by atoms with Crippen LogP contribution in [0.15, 0.2) is 81.8 Å². The van der Waals surface area contributed by atoms with Crippen molar-refractivity contribution in [1.29, 1.82) is 0 Å². The zero-order valence-electron chi connectivity index (χ0n) is 15.0. The zero-order valence-corrected chi connectivity index (χ0v) is 16.6. The van der Waals surface area contributed by atoms with Crippen molar-refractivity contribution in [2.45, 2.75) is 6.42 Å². The van der Waals surface area contributed by atoms with E-state index in [1.54, 1.807) is 12.1 Å². The summed E-state index contributed by atoms with van der Waals surface area (Å²) in [6.07, 6.45) is 2.21. The minimum absolute atomic E-state index is 0.183. The standard InChI is InChI=1S/C23H17ClO3S/c1-2-10-26-23-20(25)18-14-17(24)13-16(12-15-7-4-3-5-8-15)21(18)27-22(23)19-9-6-11-28-19/h2-9,11,13-14H,1,10,12H2. The van der Waals surface area contributed by atoms with Crippen molar-refractivity contribution < 1.29 is 9.15 Å². The quantitative estimate of drug-likeness (QED) is 0.350. The fraction of sp³-hybridized carbons (Fsp3) is 0.0870. The van der Waals surface area contributed by atoms with E-state index in [1.807, 2.05) is 53.9 Å². The van der Waals surface area contributed by atoms with E-state index in [0.29, 0.717) is 28.2 Å². The van der Waals surface area contributed by atoms with E-state index < -0.39 is 0 Å². The molecule has 28 heavy (non-hydrogen) atoms. The molecule has 0 spiro atoms. The van der Waals surface area contributed by atoms with Crippen LogP contribution in [0.25, 0.3) is 21.6 Å². The topological polar surface area (TPSA) is 39.4 Å². The number of rotatable bonds is 6. The van der Waals surface area contributed by atoms with Crippen molar-refractivity contribution in [3.63, 3.8) is 0 Å². The Labute approximate surface area is 171 Å². The molecule has 2 aromatic carbocycles. The molecule has 2 aromatic heterocycles. The first kappa shape index (κ1) is 18.5. The molecular formula is C23H17ClO3S. The summed E-state index contributed by atoms with van der Waals surface area (Å²) in [4.78, 5) is 14.1. The fourth-order valence-electron chi connectivity index (χ4n) is 3.10. The summed E-state index contributed by atoms with van der Waals surface area (Å²) in [7, 11) is 0. The lowest BCUT2D eigenvalue weighted by Gasteiger charge is -2.12. The van der Waals surface area contributed by atoms with Crippen LogP contribution in [0.4, 0.5) is 0 Å². The molecule has 0 saturated heterocycles. The van der Waals surface area contributed by atoms with Crippen molar-refractivity contribution >= 4 is 33.9 Å². The molecular weight excluding hydrogens is 392 g/mol. The first-order valence-electron chi connectivity index (χ1n) is 8.78. The summed E-state index contributed by atoms with van der Waals surface area (Å²) in [6, 6.07) is 17.3. The second kappa shape index (κ2) is 8.05. The average molecular weight is 409 g/mol. The van der Waals surface area contributed by atoms with Gasteiger partial charge in [0.2, 0.25) is 11.2 Å². The van der Waals surface area contributed by atoms with Crippen molar-refractivity contribution in [2.75, 3.05) is 6.61 Å². The van der Waals surface area contributed by atoms with Gasteiger partial charge < -0.3 is 9.15 Å². The molecule has 0 atom stereocenters. The molecule has 2 heterocycles. The summed E-state index contributed by atoms with van der Waals surface area (Å²) in [5, 5.41) is 2.84. The van der Waals surface area contributed by atoms with Crippen LogP contribution in [0.3, 0.4) is 0 Å². The van der Waals surface area contributed by atoms with Gasteiger partial charge in [0.25, 0.3) is 0 Å². The maximum absolute atomic E-state index is 13.2. The van der Waals surface area contributed by atoms with Crippen molar-refractivity contribution in [3.8, 4) is 16.4 Å². The number of hydrogen-bond acceptors (Lipinski definition) is 4. The second-order valence-corrected chi connectivity index (χ2v) is 7.65. The van der Waals surface area contributed by atoms with Crippen LogP contribution in [0, 0.1) is 0 Å². The van der Waals surface area contributed by atoms with Gasteiger partial charge in [-0.25, -0.2) is 0 Å². The molecule has 0 N–H and O–H groups in total. The zero-order chi connectivity index (χ0) is 19.5. The van der Waals surface area contributed by atoms with Crippen LogP contribution in [0.5, 0.6) is 5.75 Å². The average Bonchev–Trinajstić information content (AvgIpc) is 3.23. The molecule has 5 heteroatoms. The van der Waals surface area contributed by atoms with Crippen LogP contribution in [-0.4, -0.2) is 6.61 Å². The van der Waals surface area contributed by atoms with Crippen LogP contribution in [0.2, 0.25) is 5.02 Å². The summed E-state index contributed by atoms with van der Waals surface area (Å²) in [6.45, 7) is 3.87. The van der Waals surface area contributed by atoms with Gasteiger partial charge in [0.05, 0.1) is 10.3 Å². The predicted octanol–water partition coefficient (Wildman–Crippen LogP) is 6.33. The number of ether oxygens (including phenoxy) is 1. The summed E-state index contributed by atoms with van der Waals surface area (Å²) in [5.74, 6) is 0.619. The molecule has 0 saturated carbocycles. The molecule has 0 unspecified atom stereocenters. The third kappa shape index (κ3) is 3.61. The number of hydrogen-bond donors (Lipinski definition) is 0. The molecule has 3 nitrogen and oxygen atoms in total. The van der Waals surface area contributed by atoms with Crippen LogP contribution in [0.1, 0.15) is 11.1 Å². The van der Waals surface area contributed by atoms with Gasteiger partial charge >= 0.3 is 0 Å². The van der Waals surface area contributed by atoms with E-state index in [9.17, 15) is 4.79 Å². The maximum Gasteiger partial charge on any atom is 0.235 e. The molecule has 0 amide bonds. The highest BCUT2D eigenvalue weighted by molar-refractivity contribution is 7.13. The first-order chi connectivity index (χ1) is 13.7. The first-order valence-corrected chi connectivity index (χ1v) is 10.0. The highest BCUT2D eigenvalue weighted by Gasteiger charge is 2.20. The lowest BCUT2D eigenvalue weighted by molar-refractivity contribution is 0.352. The molecule has 0 aliphatic carbocycles. The van der Waals surface area contributed by atoms with E-state index in [4.69, 9.17) is 20.8 Å². The summed E-state index contributed by atoms with van der Waals surface area (Å²) < 4.78 is 12.0. The number of halogens is 1. The Balaban J connectivity index is 1.97. The maximum atomic E-state index is 13.2. The van der Waals surface area contributed by atoms with Gasteiger partial charge in [0.15, 0.2) is 5.76 Å². The Morgan fingerprint density at radius 3 is 2.68 bits per heavy atom. The molecule has 0 aliphatic heterocycles. The fourth-order valence-corrected chi connectivity index (χ4v) is 4.05. The molecule has 0 fully saturated rings. The highest BCUT2D eigenvalue weighted by atomic mass is 35.5. The van der Waals surface area contributed by atoms with E-state index >= 15 is 0 Å². The van der Waals surface area contributed by atoms with Crippen LogP contribution >= 0.6 is 22.9 Å². The van der Waals surface area contributed by atoms with Gasteiger partial charge in [-0.15, -0.1) is 11.3 Å². The second-order valence-electron chi connectivity index (χ2n) is 6.27. The van der Waals surface area contributed by atoms with E-state index in [-0.39, 0.29) is 17.8 Å². The Morgan fingerprint density at radius 1 is 1.14 bits per heavy atom. The number of fused-ring (bicyclic) bond motifs is 1. The largest absolute Gasteiger partial charge is 0.482 e. The summed E-state index contributed by atoms with van der Waals surface area (Å²) >= 11 is 7.81. The Bertz CT molecular complexity index is 1180. The van der Waals surface area contributed by atoms with Gasteiger partial charge in [0.1, 0.15) is 12.2 Å². The number of benzene rings is 2. The predicted molar refractivity (Wildman–Crippen MR) is 116 cm³/mol. The van der Waals surface area contributed by atoms with Gasteiger partial charge in [-0.3, -0.25) is 4.79 Å². The van der Waals surface area contributed by atoms with Gasteiger partial charge in [-0.1, -0.05) is 60.7 Å². The lowest BCUT2D eigenvalue weighted by Crippen LogP contribution is -2.11. The molecule has 140 valence electrons. The molecule has 4 rings (SSSR count). The van der Waals surface area contributed by atoms with Crippen LogP contribution in [-0.2, 0) is 6.42 Å². The third-order valence-corrected chi connectivity index (χ3v) is 5.41. The van der Waals surface area contributed by atoms with E-state index in [1.165, 1.54) is 11.3 Å². The third-order valence-electron chi connectivity index (χ3n) is 4.32. The molecule has 4 aromatic rings. The molecule has 0 radical (unpaired) electrons. The van der Waals surface area contributed by atoms with Crippen LogP contribution < -0.4 is 10.2 Å². The summed E-state index contributed by atoms with van der Waals surface area (Å²) in [5.41, 5.74) is 2.27. The van der Waals surface area contributed by atoms with Gasteiger partial charge in [-0.05, 0) is 29.1 Å². The van der Waals surface area contributed by atoms with Crippen molar-refractivity contribution in [2.24, 2.45) is 0 Å². The Kier molecular flexibility index (Phi) is 5.33. The minimum Gasteiger partial charge on any atom is -0.482 e. The normalized spacial score (nSPS) is 10.9. The van der Waals surface area contributed by atoms with Crippen molar-refractivity contribution in [1.82, 2.24) is 0 Å². The SMILES string of the molecule is C=CCOc1c(-c2cccs2)oc2c(Cc3ccccc3)cc(Cl)cc2c1=O. The van der Waals surface area contributed by atoms with Gasteiger partial charge in [-0.2, -0.15) is 0 Å². The van der Waals surface area contributed by atoms with Crippen molar-refractivity contribution in [3.05, 3.63) is 99.0 Å². The molecule has 0 bridgehead atoms. The van der Waals surface area contributed by atoms with E-state index in [2.05, 4.69) is 6.58 Å². The lowest BCUT2D eigenvalue weighted by atomic mass is 10.0. The highest BCUT2D eigenvalue weighted by Crippen LogP contribution is 2.36. The smallest absolute Gasteiger partial charge is 0.235 e. The molecule has 0 aliphatic rings. The Hall–Kier alpha value is -2.82. The number of thiophene rings is 1. The monoisotopic (exact) mass is 408 g/mol.